The summed E-state index contributed by atoms with van der Waals surface area (Å²) in [5.41, 5.74) is 1.09. The van der Waals surface area contributed by atoms with Crippen molar-refractivity contribution in [2.75, 3.05) is 31.5 Å². The van der Waals surface area contributed by atoms with Gasteiger partial charge in [-0.3, -0.25) is 19.7 Å². The van der Waals surface area contributed by atoms with Crippen LogP contribution in [0.25, 0.3) is 0 Å². The minimum atomic E-state index is -2.67. The molecule has 1 N–H and O–H groups in total. The molecule has 10 heteroatoms. The van der Waals surface area contributed by atoms with E-state index in [9.17, 15) is 13.6 Å². The minimum Gasteiger partial charge on any atom is -0.346 e. The molecule has 0 bridgehead atoms. The van der Waals surface area contributed by atoms with Crippen molar-refractivity contribution in [2.24, 2.45) is 0 Å². The zero-order valence-electron chi connectivity index (χ0n) is 15.4. The zero-order valence-corrected chi connectivity index (χ0v) is 15.4. The monoisotopic (exact) mass is 389 g/mol. The summed E-state index contributed by atoms with van der Waals surface area (Å²) < 4.78 is 27.2. The highest BCUT2D eigenvalue weighted by Crippen LogP contribution is 2.34. The van der Waals surface area contributed by atoms with Crippen LogP contribution in [0.2, 0.25) is 0 Å². The van der Waals surface area contributed by atoms with E-state index in [2.05, 4.69) is 25.3 Å². The number of rotatable bonds is 4. The number of hydrogen-bond donors (Lipinski definition) is 1. The lowest BCUT2D eigenvalue weighted by Crippen LogP contribution is -2.52. The molecule has 0 radical (unpaired) electrons. The first-order valence-corrected chi connectivity index (χ1v) is 9.17. The van der Waals surface area contributed by atoms with E-state index in [1.165, 1.54) is 12.4 Å². The van der Waals surface area contributed by atoms with Crippen LogP contribution < -0.4 is 5.32 Å². The number of alkyl halides is 2. The van der Waals surface area contributed by atoms with Crippen LogP contribution in [0.3, 0.4) is 0 Å². The topological polar surface area (TPSA) is 87.1 Å². The number of aromatic nitrogens is 4. The Morgan fingerprint density at radius 3 is 2.71 bits per heavy atom. The molecule has 4 rings (SSSR count). The lowest BCUT2D eigenvalue weighted by molar-refractivity contribution is 0.0121. The number of hydrogen-bond acceptors (Lipinski definition) is 7. The maximum Gasteiger partial charge on any atom is 0.262 e. The normalized spacial score (nSPS) is 22.5. The first kappa shape index (κ1) is 18.6. The van der Waals surface area contributed by atoms with Crippen molar-refractivity contribution >= 4 is 11.9 Å². The SMILES string of the molecule is CC(Nc1ncc(C(=O)N2CCN3CC(F)(F)C[C@H]3C2)cn1)c1cnccn1. The summed E-state index contributed by atoms with van der Waals surface area (Å²) in [6.45, 7) is 2.88. The fourth-order valence-corrected chi connectivity index (χ4v) is 3.68. The van der Waals surface area contributed by atoms with Gasteiger partial charge in [-0.1, -0.05) is 0 Å². The van der Waals surface area contributed by atoms with Gasteiger partial charge in [-0.25, -0.2) is 18.7 Å². The van der Waals surface area contributed by atoms with E-state index < -0.39 is 5.92 Å². The molecule has 2 aliphatic rings. The van der Waals surface area contributed by atoms with Crippen molar-refractivity contribution in [3.8, 4) is 0 Å². The summed E-state index contributed by atoms with van der Waals surface area (Å²) in [5, 5.41) is 3.10. The van der Waals surface area contributed by atoms with Gasteiger partial charge < -0.3 is 10.2 Å². The van der Waals surface area contributed by atoms with Crippen molar-refractivity contribution in [1.82, 2.24) is 29.7 Å². The van der Waals surface area contributed by atoms with E-state index in [1.54, 1.807) is 28.4 Å². The molecule has 2 aliphatic heterocycles. The van der Waals surface area contributed by atoms with Gasteiger partial charge in [-0.15, -0.1) is 0 Å². The van der Waals surface area contributed by atoms with Crippen LogP contribution in [0.4, 0.5) is 14.7 Å². The van der Waals surface area contributed by atoms with Gasteiger partial charge >= 0.3 is 0 Å². The third-order valence-electron chi connectivity index (χ3n) is 5.13. The van der Waals surface area contributed by atoms with Gasteiger partial charge in [0.25, 0.3) is 11.8 Å². The number of anilines is 1. The average molecular weight is 389 g/mol. The van der Waals surface area contributed by atoms with Gasteiger partial charge in [0.2, 0.25) is 5.95 Å². The molecule has 2 atom stereocenters. The molecule has 28 heavy (non-hydrogen) atoms. The summed E-state index contributed by atoms with van der Waals surface area (Å²) in [5.74, 6) is -2.53. The molecule has 0 aliphatic carbocycles. The second-order valence-electron chi connectivity index (χ2n) is 7.23. The van der Waals surface area contributed by atoms with Gasteiger partial charge in [-0.05, 0) is 6.92 Å². The lowest BCUT2D eigenvalue weighted by Gasteiger charge is -2.36. The summed E-state index contributed by atoms with van der Waals surface area (Å²) in [4.78, 5) is 32.7. The number of fused-ring (bicyclic) bond motifs is 1. The van der Waals surface area contributed by atoms with E-state index in [4.69, 9.17) is 0 Å². The summed E-state index contributed by atoms with van der Waals surface area (Å²) >= 11 is 0. The van der Waals surface area contributed by atoms with Crippen LogP contribution >= 0.6 is 0 Å². The molecular weight excluding hydrogens is 368 g/mol. The minimum absolute atomic E-state index is 0.146. The molecule has 1 amide bonds. The summed E-state index contributed by atoms with van der Waals surface area (Å²) in [7, 11) is 0. The van der Waals surface area contributed by atoms with E-state index in [1.807, 2.05) is 6.92 Å². The van der Waals surface area contributed by atoms with Crippen molar-refractivity contribution in [3.05, 3.63) is 42.2 Å². The smallest absolute Gasteiger partial charge is 0.262 e. The Labute approximate surface area is 161 Å². The molecule has 0 saturated carbocycles. The van der Waals surface area contributed by atoms with Gasteiger partial charge in [0.05, 0.1) is 30.0 Å². The number of piperazine rings is 1. The molecule has 0 spiro atoms. The molecule has 2 aromatic heterocycles. The van der Waals surface area contributed by atoms with Gasteiger partial charge in [0, 0.05) is 56.9 Å². The Morgan fingerprint density at radius 1 is 1.21 bits per heavy atom. The Hall–Kier alpha value is -2.75. The predicted molar refractivity (Wildman–Crippen MR) is 96.9 cm³/mol. The fourth-order valence-electron chi connectivity index (χ4n) is 3.68. The highest BCUT2D eigenvalue weighted by molar-refractivity contribution is 5.93. The van der Waals surface area contributed by atoms with Gasteiger partial charge in [-0.2, -0.15) is 0 Å². The summed E-state index contributed by atoms with van der Waals surface area (Å²) in [6, 6.07) is -0.435. The first-order valence-electron chi connectivity index (χ1n) is 9.17. The largest absolute Gasteiger partial charge is 0.346 e. The molecule has 4 heterocycles. The van der Waals surface area contributed by atoms with E-state index in [-0.39, 0.29) is 31.0 Å². The van der Waals surface area contributed by atoms with Crippen molar-refractivity contribution in [3.63, 3.8) is 0 Å². The average Bonchev–Trinajstić information content (AvgIpc) is 3.01. The maximum absolute atomic E-state index is 13.6. The number of nitrogens with zero attached hydrogens (tertiary/aromatic N) is 6. The van der Waals surface area contributed by atoms with Crippen LogP contribution in [0.5, 0.6) is 0 Å². The third kappa shape index (κ3) is 3.91. The molecular formula is C18H21F2N7O. The number of amides is 1. The molecule has 0 aromatic carbocycles. The van der Waals surface area contributed by atoms with Crippen molar-refractivity contribution in [2.45, 2.75) is 31.4 Å². The van der Waals surface area contributed by atoms with Gasteiger partial charge in [0.1, 0.15) is 0 Å². The molecule has 148 valence electrons. The fraction of sp³-hybridized carbons (Fsp3) is 0.500. The number of nitrogens with one attached hydrogen (secondary N) is 1. The van der Waals surface area contributed by atoms with Crippen LogP contribution in [0, 0.1) is 0 Å². The number of carbonyl (C=O) groups is 1. The number of carbonyl (C=O) groups excluding carboxylic acids is 1. The number of halogens is 2. The Kier molecular flexibility index (Phi) is 4.88. The highest BCUT2D eigenvalue weighted by atomic mass is 19.3. The van der Waals surface area contributed by atoms with Crippen molar-refractivity contribution in [1.29, 1.82) is 0 Å². The second-order valence-corrected chi connectivity index (χ2v) is 7.23. The van der Waals surface area contributed by atoms with E-state index in [0.29, 0.717) is 31.1 Å². The standard InChI is InChI=1S/C18H21F2N7O/c1-12(15-9-21-2-3-22-15)25-17-23-7-13(8-24-17)16(28)26-4-5-27-11-18(19,20)6-14(27)10-26/h2-3,7-9,12,14H,4-6,10-11H2,1H3,(H,23,24,25)/t12?,14-/m0/s1. The highest BCUT2D eigenvalue weighted by Gasteiger charge is 2.47. The Bertz CT molecular complexity index is 834. The zero-order chi connectivity index (χ0) is 19.7. The van der Waals surface area contributed by atoms with Crippen molar-refractivity contribution < 1.29 is 13.6 Å². The van der Waals surface area contributed by atoms with Crippen LogP contribution in [-0.4, -0.2) is 73.8 Å². The molecule has 8 nitrogen and oxygen atoms in total. The molecule has 2 fully saturated rings. The predicted octanol–water partition coefficient (Wildman–Crippen LogP) is 1.61. The summed E-state index contributed by atoms with van der Waals surface area (Å²) in [6.07, 6.45) is 7.57. The quantitative estimate of drug-likeness (QED) is 0.850. The van der Waals surface area contributed by atoms with Crippen LogP contribution in [-0.2, 0) is 0 Å². The van der Waals surface area contributed by atoms with E-state index in [0.717, 1.165) is 5.69 Å². The molecule has 2 aromatic rings. The second kappa shape index (κ2) is 7.34. The maximum atomic E-state index is 13.6. The Balaban J connectivity index is 1.38. The molecule has 2 saturated heterocycles. The van der Waals surface area contributed by atoms with Crippen LogP contribution in [0.1, 0.15) is 35.4 Å². The molecule has 1 unspecified atom stereocenters. The lowest BCUT2D eigenvalue weighted by atomic mass is 10.1. The van der Waals surface area contributed by atoms with E-state index >= 15 is 0 Å². The Morgan fingerprint density at radius 2 is 2.00 bits per heavy atom. The first-order chi connectivity index (χ1) is 13.4. The van der Waals surface area contributed by atoms with Crippen LogP contribution in [0.15, 0.2) is 31.0 Å². The van der Waals surface area contributed by atoms with Gasteiger partial charge in [0.15, 0.2) is 0 Å². The third-order valence-corrected chi connectivity index (χ3v) is 5.13.